The molecule has 6 heteroatoms. The van der Waals surface area contributed by atoms with Gasteiger partial charge in [0.05, 0.1) is 10.9 Å². The van der Waals surface area contributed by atoms with Crippen molar-refractivity contribution in [3.63, 3.8) is 0 Å². The van der Waals surface area contributed by atoms with E-state index in [-0.39, 0.29) is 12.4 Å². The lowest BCUT2D eigenvalue weighted by atomic mass is 10.2. The molecule has 0 N–H and O–H groups in total. The van der Waals surface area contributed by atoms with Gasteiger partial charge in [0.15, 0.2) is 0 Å². The van der Waals surface area contributed by atoms with Crippen LogP contribution >= 0.6 is 22.6 Å². The van der Waals surface area contributed by atoms with Crippen molar-refractivity contribution >= 4 is 39.5 Å². The Hall–Kier alpha value is -1.18. The molecule has 0 radical (unpaired) electrons. The van der Waals surface area contributed by atoms with Crippen LogP contribution in [0.4, 0.5) is 4.39 Å². The van der Waals surface area contributed by atoms with Crippen molar-refractivity contribution in [1.82, 2.24) is 9.78 Å². The molecule has 0 atom stereocenters. The van der Waals surface area contributed by atoms with Crippen molar-refractivity contribution in [1.29, 1.82) is 0 Å². The highest BCUT2D eigenvalue weighted by Crippen LogP contribution is 2.23. The van der Waals surface area contributed by atoms with Gasteiger partial charge < -0.3 is 4.74 Å². The monoisotopic (exact) mass is 376 g/mol. The average molecular weight is 376 g/mol. The van der Waals surface area contributed by atoms with Gasteiger partial charge in [-0.3, -0.25) is 9.48 Å². The van der Waals surface area contributed by atoms with E-state index >= 15 is 0 Å². The van der Waals surface area contributed by atoms with Crippen molar-refractivity contribution in [3.05, 3.63) is 27.7 Å². The van der Waals surface area contributed by atoms with Crippen LogP contribution in [0.3, 0.4) is 0 Å². The van der Waals surface area contributed by atoms with E-state index in [0.717, 1.165) is 0 Å². The number of esters is 1. The van der Waals surface area contributed by atoms with Gasteiger partial charge in [-0.1, -0.05) is 6.07 Å². The Morgan fingerprint density at radius 2 is 2.16 bits per heavy atom. The molecule has 0 bridgehead atoms. The van der Waals surface area contributed by atoms with Gasteiger partial charge in [0.1, 0.15) is 21.7 Å². The van der Waals surface area contributed by atoms with Crippen LogP contribution in [0.5, 0.6) is 0 Å². The van der Waals surface area contributed by atoms with Crippen molar-refractivity contribution in [3.8, 4) is 0 Å². The van der Waals surface area contributed by atoms with Crippen molar-refractivity contribution in [2.75, 3.05) is 0 Å². The molecule has 1 aromatic heterocycles. The lowest BCUT2D eigenvalue weighted by Gasteiger charge is -2.19. The van der Waals surface area contributed by atoms with E-state index in [9.17, 15) is 9.18 Å². The van der Waals surface area contributed by atoms with Crippen LogP contribution in [0.2, 0.25) is 0 Å². The molecule has 0 saturated carbocycles. The summed E-state index contributed by atoms with van der Waals surface area (Å²) in [7, 11) is 0. The van der Waals surface area contributed by atoms with Crippen LogP contribution in [0.25, 0.3) is 10.9 Å². The summed E-state index contributed by atoms with van der Waals surface area (Å²) in [6.07, 6.45) is 0. The Labute approximate surface area is 124 Å². The van der Waals surface area contributed by atoms with Gasteiger partial charge in [0, 0.05) is 0 Å². The molecule has 0 fully saturated rings. The van der Waals surface area contributed by atoms with Gasteiger partial charge in [-0.05, 0) is 55.5 Å². The summed E-state index contributed by atoms with van der Waals surface area (Å²) in [6.45, 7) is 5.38. The summed E-state index contributed by atoms with van der Waals surface area (Å²) in [5.41, 5.74) is 0.0496. The minimum Gasteiger partial charge on any atom is -0.459 e. The first-order chi connectivity index (χ1) is 8.78. The second kappa shape index (κ2) is 5.07. The van der Waals surface area contributed by atoms with E-state index in [1.54, 1.807) is 32.9 Å². The largest absolute Gasteiger partial charge is 0.459 e. The maximum Gasteiger partial charge on any atom is 0.328 e. The predicted molar refractivity (Wildman–Crippen MR) is 78.3 cm³/mol. The molecule has 0 aliphatic carbocycles. The van der Waals surface area contributed by atoms with Crippen LogP contribution in [-0.4, -0.2) is 21.4 Å². The first kappa shape index (κ1) is 14.2. The summed E-state index contributed by atoms with van der Waals surface area (Å²) in [4.78, 5) is 11.8. The molecule has 102 valence electrons. The second-order valence-electron chi connectivity index (χ2n) is 5.17. The zero-order valence-corrected chi connectivity index (χ0v) is 13.1. The van der Waals surface area contributed by atoms with Crippen LogP contribution in [0.15, 0.2) is 18.2 Å². The number of ether oxygens (including phenoxy) is 1. The third-order valence-corrected chi connectivity index (χ3v) is 3.14. The summed E-state index contributed by atoms with van der Waals surface area (Å²) < 4.78 is 20.9. The second-order valence-corrected chi connectivity index (χ2v) is 6.19. The molecule has 19 heavy (non-hydrogen) atoms. The van der Waals surface area contributed by atoms with Gasteiger partial charge in [-0.2, -0.15) is 5.10 Å². The molecule has 0 saturated heterocycles. The molecule has 1 aromatic carbocycles. The van der Waals surface area contributed by atoms with Crippen LogP contribution in [0.1, 0.15) is 20.8 Å². The van der Waals surface area contributed by atoms with Crippen LogP contribution < -0.4 is 0 Å². The predicted octanol–water partition coefficient (Wildman–Crippen LogP) is 3.12. The highest BCUT2D eigenvalue weighted by molar-refractivity contribution is 14.1. The molecule has 2 aromatic rings. The first-order valence-electron chi connectivity index (χ1n) is 5.80. The SMILES string of the molecule is CC(C)(C)OC(=O)Cn1nc(I)c2c(F)cccc21. The molecule has 1 heterocycles. The Morgan fingerprint density at radius 1 is 1.47 bits per heavy atom. The zero-order chi connectivity index (χ0) is 14.2. The summed E-state index contributed by atoms with van der Waals surface area (Å²) in [5.74, 6) is -0.727. The Balaban J connectivity index is 2.32. The number of carbonyl (C=O) groups excluding carboxylic acids is 1. The number of fused-ring (bicyclic) bond motifs is 1. The Morgan fingerprint density at radius 3 is 2.79 bits per heavy atom. The number of hydrogen-bond donors (Lipinski definition) is 0. The molecule has 0 aliphatic heterocycles. The molecule has 0 aliphatic rings. The molecule has 0 amide bonds. The van der Waals surface area contributed by atoms with Crippen molar-refractivity contribution in [2.45, 2.75) is 32.9 Å². The van der Waals surface area contributed by atoms with E-state index in [1.165, 1.54) is 10.7 Å². The third kappa shape index (κ3) is 3.23. The molecule has 0 spiro atoms. The van der Waals surface area contributed by atoms with Gasteiger partial charge in [0.2, 0.25) is 0 Å². The van der Waals surface area contributed by atoms with E-state index in [2.05, 4.69) is 5.10 Å². The number of hydrogen-bond acceptors (Lipinski definition) is 3. The molecular formula is C13H14FIN2O2. The van der Waals surface area contributed by atoms with Gasteiger partial charge in [-0.25, -0.2) is 4.39 Å². The first-order valence-corrected chi connectivity index (χ1v) is 6.88. The average Bonchev–Trinajstić information content (AvgIpc) is 2.54. The summed E-state index contributed by atoms with van der Waals surface area (Å²) >= 11 is 1.96. The van der Waals surface area contributed by atoms with E-state index < -0.39 is 11.6 Å². The minimum absolute atomic E-state index is 0.0276. The quantitative estimate of drug-likeness (QED) is 0.598. The number of benzene rings is 1. The fourth-order valence-electron chi connectivity index (χ4n) is 1.76. The highest BCUT2D eigenvalue weighted by Gasteiger charge is 2.19. The van der Waals surface area contributed by atoms with Crippen LogP contribution in [-0.2, 0) is 16.1 Å². The number of rotatable bonds is 2. The maximum absolute atomic E-state index is 13.7. The summed E-state index contributed by atoms with van der Waals surface area (Å²) in [5, 5.41) is 4.62. The zero-order valence-electron chi connectivity index (χ0n) is 10.9. The number of halogens is 2. The van der Waals surface area contributed by atoms with Crippen molar-refractivity contribution in [2.24, 2.45) is 0 Å². The number of nitrogens with zero attached hydrogens (tertiary/aromatic N) is 2. The van der Waals surface area contributed by atoms with Gasteiger partial charge in [0.25, 0.3) is 0 Å². The highest BCUT2D eigenvalue weighted by atomic mass is 127. The number of carbonyl (C=O) groups is 1. The van der Waals surface area contributed by atoms with E-state index in [1.807, 2.05) is 22.6 Å². The molecule has 4 nitrogen and oxygen atoms in total. The molecule has 0 unspecified atom stereocenters. The smallest absolute Gasteiger partial charge is 0.328 e. The van der Waals surface area contributed by atoms with Crippen LogP contribution in [0, 0.1) is 9.52 Å². The van der Waals surface area contributed by atoms with Gasteiger partial charge in [-0.15, -0.1) is 0 Å². The minimum atomic E-state index is -0.543. The number of aromatic nitrogens is 2. The lowest BCUT2D eigenvalue weighted by molar-refractivity contribution is -0.155. The molecule has 2 rings (SSSR count). The fraction of sp³-hybridized carbons (Fsp3) is 0.385. The maximum atomic E-state index is 13.7. The van der Waals surface area contributed by atoms with E-state index in [0.29, 0.717) is 14.6 Å². The standard InChI is InChI=1S/C13H14FIN2O2/c1-13(2,3)19-10(18)7-17-9-6-4-5-8(14)11(9)12(15)16-17/h4-6H,7H2,1-3H3. The Bertz CT molecular complexity index is 631. The normalized spacial score (nSPS) is 11.8. The third-order valence-electron chi connectivity index (χ3n) is 2.38. The van der Waals surface area contributed by atoms with E-state index in [4.69, 9.17) is 4.74 Å². The molecular weight excluding hydrogens is 362 g/mol. The van der Waals surface area contributed by atoms with Gasteiger partial charge >= 0.3 is 5.97 Å². The lowest BCUT2D eigenvalue weighted by Crippen LogP contribution is -2.26. The van der Waals surface area contributed by atoms with Crippen molar-refractivity contribution < 1.29 is 13.9 Å². The fourth-order valence-corrected chi connectivity index (χ4v) is 2.55. The summed E-state index contributed by atoms with van der Waals surface area (Å²) in [6, 6.07) is 4.71. The Kier molecular flexibility index (Phi) is 3.80. The topological polar surface area (TPSA) is 44.1 Å².